The summed E-state index contributed by atoms with van der Waals surface area (Å²) >= 11 is 0. The van der Waals surface area contributed by atoms with Crippen LogP contribution in [0.1, 0.15) is 40.0 Å². The second-order valence-corrected chi connectivity index (χ2v) is 7.70. The van der Waals surface area contributed by atoms with Gasteiger partial charge in [-0.25, -0.2) is 9.59 Å². The molecule has 2 amide bonds. The van der Waals surface area contributed by atoms with Gasteiger partial charge >= 0.3 is 12.1 Å². The molecule has 0 radical (unpaired) electrons. The fourth-order valence-electron chi connectivity index (χ4n) is 3.87. The smallest absolute Gasteiger partial charge is 0.410 e. The lowest BCUT2D eigenvalue weighted by atomic mass is 9.99. The van der Waals surface area contributed by atoms with E-state index < -0.39 is 29.7 Å². The van der Waals surface area contributed by atoms with Crippen molar-refractivity contribution in [2.45, 2.75) is 63.8 Å². The van der Waals surface area contributed by atoms with Crippen molar-refractivity contribution in [3.8, 4) is 0 Å². The predicted molar refractivity (Wildman–Crippen MR) is 85.3 cm³/mol. The van der Waals surface area contributed by atoms with Crippen LogP contribution >= 0.6 is 0 Å². The van der Waals surface area contributed by atoms with Crippen LogP contribution in [-0.2, 0) is 14.3 Å². The molecule has 3 heterocycles. The molecule has 1 N–H and O–H groups in total. The van der Waals surface area contributed by atoms with Crippen molar-refractivity contribution in [2.24, 2.45) is 5.92 Å². The van der Waals surface area contributed by atoms with Gasteiger partial charge in [-0.2, -0.15) is 0 Å². The van der Waals surface area contributed by atoms with Gasteiger partial charge in [-0.15, -0.1) is 0 Å². The van der Waals surface area contributed by atoms with Crippen molar-refractivity contribution in [3.05, 3.63) is 12.2 Å². The highest BCUT2D eigenvalue weighted by molar-refractivity contribution is 5.91. The van der Waals surface area contributed by atoms with Crippen LogP contribution in [0.3, 0.4) is 0 Å². The van der Waals surface area contributed by atoms with E-state index in [1.165, 1.54) is 9.80 Å². The molecule has 0 aliphatic carbocycles. The molecule has 24 heavy (non-hydrogen) atoms. The minimum absolute atomic E-state index is 0.0786. The van der Waals surface area contributed by atoms with Crippen molar-refractivity contribution < 1.29 is 24.2 Å². The Morgan fingerprint density at radius 1 is 1.21 bits per heavy atom. The highest BCUT2D eigenvalue weighted by Gasteiger charge is 2.50. The maximum atomic E-state index is 13.1. The van der Waals surface area contributed by atoms with Crippen molar-refractivity contribution in [1.82, 2.24) is 9.80 Å². The van der Waals surface area contributed by atoms with E-state index in [0.717, 1.165) is 0 Å². The molecule has 132 valence electrons. The van der Waals surface area contributed by atoms with Crippen LogP contribution in [0.2, 0.25) is 0 Å². The molecule has 0 aromatic rings. The number of ether oxygens (including phenoxy) is 1. The SMILES string of the molecule is CC(C)(C)OC(=O)N1CC[C@@H]2C=C[C@H]3CC[C@@H](C(=O)O)N3C(=O)[C@H]21. The second-order valence-electron chi connectivity index (χ2n) is 7.70. The summed E-state index contributed by atoms with van der Waals surface area (Å²) in [7, 11) is 0. The lowest BCUT2D eigenvalue weighted by molar-refractivity contribution is -0.151. The molecule has 2 fully saturated rings. The van der Waals surface area contributed by atoms with E-state index in [2.05, 4.69) is 0 Å². The number of carbonyl (C=O) groups excluding carboxylic acids is 2. The summed E-state index contributed by atoms with van der Waals surface area (Å²) in [6.45, 7) is 5.79. The molecule has 2 saturated heterocycles. The molecule has 0 saturated carbocycles. The zero-order valence-electron chi connectivity index (χ0n) is 14.3. The van der Waals surface area contributed by atoms with Crippen LogP contribution in [0, 0.1) is 5.92 Å². The monoisotopic (exact) mass is 336 g/mol. The summed E-state index contributed by atoms with van der Waals surface area (Å²) in [5, 5.41) is 9.41. The molecule has 3 aliphatic heterocycles. The summed E-state index contributed by atoms with van der Waals surface area (Å²) < 4.78 is 5.42. The van der Waals surface area contributed by atoms with Gasteiger partial charge in [0, 0.05) is 12.5 Å². The van der Waals surface area contributed by atoms with E-state index in [-0.39, 0.29) is 17.9 Å². The number of nitrogens with zero attached hydrogens (tertiary/aromatic N) is 2. The van der Waals surface area contributed by atoms with Crippen molar-refractivity contribution >= 4 is 18.0 Å². The van der Waals surface area contributed by atoms with Crippen LogP contribution in [0.4, 0.5) is 4.79 Å². The molecule has 0 unspecified atom stereocenters. The molecule has 0 aromatic carbocycles. The number of rotatable bonds is 1. The Morgan fingerprint density at radius 3 is 2.54 bits per heavy atom. The number of hydrogen-bond acceptors (Lipinski definition) is 4. The Morgan fingerprint density at radius 2 is 1.92 bits per heavy atom. The van der Waals surface area contributed by atoms with E-state index in [4.69, 9.17) is 4.74 Å². The van der Waals surface area contributed by atoms with E-state index in [0.29, 0.717) is 25.8 Å². The van der Waals surface area contributed by atoms with E-state index >= 15 is 0 Å². The average molecular weight is 336 g/mol. The van der Waals surface area contributed by atoms with Crippen LogP contribution in [0.5, 0.6) is 0 Å². The molecule has 0 bridgehead atoms. The number of likely N-dealkylation sites (tertiary alicyclic amines) is 1. The summed E-state index contributed by atoms with van der Waals surface area (Å²) in [6, 6.07) is -1.67. The van der Waals surface area contributed by atoms with E-state index in [9.17, 15) is 19.5 Å². The van der Waals surface area contributed by atoms with Gasteiger partial charge in [0.15, 0.2) is 0 Å². The number of carbonyl (C=O) groups is 3. The summed E-state index contributed by atoms with van der Waals surface area (Å²) in [5.41, 5.74) is -0.640. The first-order valence-corrected chi connectivity index (χ1v) is 8.42. The molecule has 0 aromatic heterocycles. The molecule has 3 aliphatic rings. The van der Waals surface area contributed by atoms with Gasteiger partial charge in [0.05, 0.1) is 6.04 Å². The zero-order chi connectivity index (χ0) is 17.6. The topological polar surface area (TPSA) is 87.2 Å². The first kappa shape index (κ1) is 16.8. The van der Waals surface area contributed by atoms with Gasteiger partial charge in [0.2, 0.25) is 5.91 Å². The minimum atomic E-state index is -0.987. The molecular formula is C17H24N2O5. The Bertz CT molecular complexity index is 594. The molecule has 3 rings (SSSR count). The molecule has 7 nitrogen and oxygen atoms in total. The second kappa shape index (κ2) is 5.79. The molecule has 0 spiro atoms. The number of carboxylic acids is 1. The van der Waals surface area contributed by atoms with Gasteiger partial charge in [-0.3, -0.25) is 9.69 Å². The predicted octanol–water partition coefficient (Wildman–Crippen LogP) is 1.63. The fourth-order valence-corrected chi connectivity index (χ4v) is 3.87. The summed E-state index contributed by atoms with van der Waals surface area (Å²) in [4.78, 5) is 39.9. The van der Waals surface area contributed by atoms with Crippen molar-refractivity contribution in [2.75, 3.05) is 6.54 Å². The quantitative estimate of drug-likeness (QED) is 0.735. The van der Waals surface area contributed by atoms with Gasteiger partial charge in [0.25, 0.3) is 0 Å². The third-order valence-electron chi connectivity index (χ3n) is 4.87. The third-order valence-corrected chi connectivity index (χ3v) is 4.87. The third kappa shape index (κ3) is 2.87. The van der Waals surface area contributed by atoms with Gasteiger partial charge in [-0.05, 0) is 40.0 Å². The maximum Gasteiger partial charge on any atom is 0.410 e. The first-order chi connectivity index (χ1) is 11.2. The Balaban J connectivity index is 1.87. The van der Waals surface area contributed by atoms with Crippen LogP contribution < -0.4 is 0 Å². The zero-order valence-corrected chi connectivity index (χ0v) is 14.3. The van der Waals surface area contributed by atoms with Gasteiger partial charge in [0.1, 0.15) is 17.7 Å². The first-order valence-electron chi connectivity index (χ1n) is 8.42. The lowest BCUT2D eigenvalue weighted by Crippen LogP contribution is -2.54. The Labute approximate surface area is 141 Å². The molecular weight excluding hydrogens is 312 g/mol. The summed E-state index contributed by atoms with van der Waals surface area (Å²) in [5.74, 6) is -1.34. The number of amides is 2. The Kier molecular flexibility index (Phi) is 4.05. The normalized spacial score (nSPS) is 32.4. The van der Waals surface area contributed by atoms with Crippen molar-refractivity contribution in [1.29, 1.82) is 0 Å². The molecule has 4 atom stereocenters. The number of fused-ring (bicyclic) bond motifs is 2. The van der Waals surface area contributed by atoms with Crippen LogP contribution in [-0.4, -0.2) is 63.1 Å². The highest BCUT2D eigenvalue weighted by atomic mass is 16.6. The largest absolute Gasteiger partial charge is 0.480 e. The van der Waals surface area contributed by atoms with Gasteiger partial charge in [-0.1, -0.05) is 12.2 Å². The highest BCUT2D eigenvalue weighted by Crippen LogP contribution is 2.36. The van der Waals surface area contributed by atoms with E-state index in [1.54, 1.807) is 20.8 Å². The Hall–Kier alpha value is -2.05. The number of carboxylic acid groups (broad SMARTS) is 1. The maximum absolute atomic E-state index is 13.1. The lowest BCUT2D eigenvalue weighted by Gasteiger charge is -2.33. The van der Waals surface area contributed by atoms with Gasteiger partial charge < -0.3 is 14.7 Å². The molecule has 7 heteroatoms. The number of aliphatic carboxylic acids is 1. The minimum Gasteiger partial charge on any atom is -0.480 e. The van der Waals surface area contributed by atoms with Crippen LogP contribution in [0.15, 0.2) is 12.2 Å². The van der Waals surface area contributed by atoms with Crippen molar-refractivity contribution in [3.63, 3.8) is 0 Å². The van der Waals surface area contributed by atoms with E-state index in [1.807, 2.05) is 12.2 Å². The standard InChI is InChI=1S/C17H24N2O5/c1-17(2,3)24-16(23)18-9-8-10-4-5-11-6-7-12(15(21)22)19(11)14(20)13(10)18/h4-5,10-13H,6-9H2,1-3H3,(H,21,22)/t10-,11-,12-,13-/m0/s1. The van der Waals surface area contributed by atoms with Crippen LogP contribution in [0.25, 0.3) is 0 Å². The number of hydrogen-bond donors (Lipinski definition) is 1. The fraction of sp³-hybridized carbons (Fsp3) is 0.706. The summed E-state index contributed by atoms with van der Waals surface area (Å²) in [6.07, 6.45) is 5.17. The average Bonchev–Trinajstić information content (AvgIpc) is 3.04.